The van der Waals surface area contributed by atoms with Crippen LogP contribution in [-0.4, -0.2) is 30.6 Å². The lowest BCUT2D eigenvalue weighted by Crippen LogP contribution is -2.39. The topological polar surface area (TPSA) is 29.3 Å². The van der Waals surface area contributed by atoms with Gasteiger partial charge in [0.15, 0.2) is 0 Å². The number of halogens is 1. The van der Waals surface area contributed by atoms with Crippen LogP contribution in [0.15, 0.2) is 24.3 Å². The van der Waals surface area contributed by atoms with Gasteiger partial charge in [0, 0.05) is 12.1 Å². The van der Waals surface area contributed by atoms with E-state index >= 15 is 0 Å². The zero-order valence-electron chi connectivity index (χ0n) is 8.99. The van der Waals surface area contributed by atoms with E-state index in [0.717, 1.165) is 24.9 Å². The summed E-state index contributed by atoms with van der Waals surface area (Å²) < 4.78 is 13.0. The zero-order chi connectivity index (χ0) is 10.8. The lowest BCUT2D eigenvalue weighted by molar-refractivity contribution is 0.296. The molecule has 1 saturated heterocycles. The predicted octanol–water partition coefficient (Wildman–Crippen LogP) is 1.40. The Bertz CT molecular complexity index is 330. The number of benzene rings is 1. The average Bonchev–Trinajstić information content (AvgIpc) is 2.50. The maximum atomic E-state index is 13.0. The van der Waals surface area contributed by atoms with E-state index in [1.807, 2.05) is 6.07 Å². The summed E-state index contributed by atoms with van der Waals surface area (Å²) in [7, 11) is 2.08. The van der Waals surface area contributed by atoms with Crippen molar-refractivity contribution >= 4 is 0 Å². The smallest absolute Gasteiger partial charge is 0.123 e. The van der Waals surface area contributed by atoms with E-state index < -0.39 is 0 Å². The summed E-state index contributed by atoms with van der Waals surface area (Å²) in [6.45, 7) is 1.04. The van der Waals surface area contributed by atoms with Crippen molar-refractivity contribution in [3.8, 4) is 0 Å². The van der Waals surface area contributed by atoms with E-state index in [1.165, 1.54) is 6.07 Å². The van der Waals surface area contributed by atoms with E-state index in [4.69, 9.17) is 5.73 Å². The van der Waals surface area contributed by atoms with Crippen molar-refractivity contribution in [3.63, 3.8) is 0 Å². The second kappa shape index (κ2) is 4.29. The molecule has 15 heavy (non-hydrogen) atoms. The molecule has 0 aliphatic carbocycles. The van der Waals surface area contributed by atoms with Crippen LogP contribution >= 0.6 is 0 Å². The second-order valence-corrected chi connectivity index (χ2v) is 4.33. The van der Waals surface area contributed by atoms with E-state index in [2.05, 4.69) is 11.9 Å². The SMILES string of the molecule is CN1CCC(N)C1Cc1cccc(F)c1. The van der Waals surface area contributed by atoms with Crippen molar-refractivity contribution < 1.29 is 4.39 Å². The van der Waals surface area contributed by atoms with Crippen LogP contribution in [0.5, 0.6) is 0 Å². The number of likely N-dealkylation sites (N-methyl/N-ethyl adjacent to an activating group) is 1. The molecular weight excluding hydrogens is 191 g/mol. The van der Waals surface area contributed by atoms with Gasteiger partial charge in [0.1, 0.15) is 5.82 Å². The zero-order valence-corrected chi connectivity index (χ0v) is 8.99. The van der Waals surface area contributed by atoms with Gasteiger partial charge in [-0.1, -0.05) is 12.1 Å². The first-order chi connectivity index (χ1) is 7.16. The maximum absolute atomic E-state index is 13.0. The Kier molecular flexibility index (Phi) is 3.03. The molecule has 0 spiro atoms. The van der Waals surface area contributed by atoms with Gasteiger partial charge in [0.25, 0.3) is 0 Å². The fourth-order valence-corrected chi connectivity index (χ4v) is 2.25. The standard InChI is InChI=1S/C12H17FN2/c1-15-6-5-11(14)12(15)8-9-3-2-4-10(13)7-9/h2-4,7,11-12H,5-6,8,14H2,1H3. The molecule has 1 aromatic rings. The Morgan fingerprint density at radius 2 is 2.33 bits per heavy atom. The van der Waals surface area contributed by atoms with Crippen LogP contribution in [0, 0.1) is 5.82 Å². The van der Waals surface area contributed by atoms with Crippen molar-refractivity contribution in [3.05, 3.63) is 35.6 Å². The van der Waals surface area contributed by atoms with Crippen molar-refractivity contribution in [2.75, 3.05) is 13.6 Å². The van der Waals surface area contributed by atoms with Crippen LogP contribution in [-0.2, 0) is 6.42 Å². The summed E-state index contributed by atoms with van der Waals surface area (Å²) in [4.78, 5) is 2.26. The van der Waals surface area contributed by atoms with Crippen molar-refractivity contribution in [2.24, 2.45) is 5.73 Å². The van der Waals surface area contributed by atoms with Gasteiger partial charge in [0.2, 0.25) is 0 Å². The maximum Gasteiger partial charge on any atom is 0.123 e. The van der Waals surface area contributed by atoms with Gasteiger partial charge < -0.3 is 10.6 Å². The van der Waals surface area contributed by atoms with Gasteiger partial charge >= 0.3 is 0 Å². The molecule has 0 bridgehead atoms. The molecule has 1 fully saturated rings. The van der Waals surface area contributed by atoms with Crippen LogP contribution in [0.4, 0.5) is 4.39 Å². The molecule has 2 rings (SSSR count). The van der Waals surface area contributed by atoms with E-state index in [-0.39, 0.29) is 11.9 Å². The summed E-state index contributed by atoms with van der Waals surface area (Å²) in [6.07, 6.45) is 1.88. The third-order valence-electron chi connectivity index (χ3n) is 3.21. The molecule has 1 aromatic carbocycles. The Morgan fingerprint density at radius 1 is 1.53 bits per heavy atom. The fraction of sp³-hybridized carbons (Fsp3) is 0.500. The molecule has 0 radical (unpaired) electrons. The minimum Gasteiger partial charge on any atom is -0.326 e. The summed E-state index contributed by atoms with van der Waals surface area (Å²) in [5.74, 6) is -0.165. The minimum absolute atomic E-state index is 0.165. The fourth-order valence-electron chi connectivity index (χ4n) is 2.25. The highest BCUT2D eigenvalue weighted by molar-refractivity contribution is 5.18. The molecule has 1 aliphatic heterocycles. The number of nitrogens with zero attached hydrogens (tertiary/aromatic N) is 1. The van der Waals surface area contributed by atoms with Gasteiger partial charge in [-0.25, -0.2) is 4.39 Å². The van der Waals surface area contributed by atoms with Crippen LogP contribution in [0.25, 0.3) is 0 Å². The van der Waals surface area contributed by atoms with Crippen LogP contribution in [0.3, 0.4) is 0 Å². The third kappa shape index (κ3) is 2.36. The molecule has 0 aromatic heterocycles. The molecule has 82 valence electrons. The number of nitrogens with two attached hydrogens (primary N) is 1. The lowest BCUT2D eigenvalue weighted by Gasteiger charge is -2.22. The first kappa shape index (κ1) is 10.6. The Balaban J connectivity index is 2.08. The molecule has 1 aliphatic rings. The molecule has 2 unspecified atom stereocenters. The Hall–Kier alpha value is -0.930. The molecule has 0 amide bonds. The number of rotatable bonds is 2. The first-order valence-corrected chi connectivity index (χ1v) is 5.37. The third-order valence-corrected chi connectivity index (χ3v) is 3.21. The Labute approximate surface area is 89.9 Å². The van der Waals surface area contributed by atoms with Crippen molar-refractivity contribution in [1.82, 2.24) is 4.90 Å². The summed E-state index contributed by atoms with van der Waals surface area (Å²) >= 11 is 0. The van der Waals surface area contributed by atoms with Gasteiger partial charge in [0.05, 0.1) is 0 Å². The van der Waals surface area contributed by atoms with E-state index in [0.29, 0.717) is 6.04 Å². The highest BCUT2D eigenvalue weighted by Crippen LogP contribution is 2.18. The molecule has 2 N–H and O–H groups in total. The van der Waals surface area contributed by atoms with Crippen molar-refractivity contribution in [2.45, 2.75) is 24.9 Å². The second-order valence-electron chi connectivity index (χ2n) is 4.33. The predicted molar refractivity (Wildman–Crippen MR) is 59.1 cm³/mol. The lowest BCUT2D eigenvalue weighted by atomic mass is 10.0. The summed E-state index contributed by atoms with van der Waals surface area (Å²) in [5, 5.41) is 0. The first-order valence-electron chi connectivity index (χ1n) is 5.37. The molecule has 1 heterocycles. The Morgan fingerprint density at radius 3 is 2.93 bits per heavy atom. The highest BCUT2D eigenvalue weighted by Gasteiger charge is 2.28. The molecule has 2 atom stereocenters. The number of likely N-dealkylation sites (tertiary alicyclic amines) is 1. The van der Waals surface area contributed by atoms with Crippen molar-refractivity contribution in [1.29, 1.82) is 0 Å². The van der Waals surface area contributed by atoms with Gasteiger partial charge in [-0.15, -0.1) is 0 Å². The highest BCUT2D eigenvalue weighted by atomic mass is 19.1. The molecular formula is C12H17FN2. The summed E-state index contributed by atoms with van der Waals surface area (Å²) in [6, 6.07) is 7.36. The van der Waals surface area contributed by atoms with Gasteiger partial charge in [-0.3, -0.25) is 0 Å². The van der Waals surface area contributed by atoms with Crippen LogP contribution in [0.2, 0.25) is 0 Å². The van der Waals surface area contributed by atoms with E-state index in [1.54, 1.807) is 12.1 Å². The van der Waals surface area contributed by atoms with Gasteiger partial charge in [-0.05, 0) is 44.1 Å². The number of hydrogen-bond donors (Lipinski definition) is 1. The van der Waals surface area contributed by atoms with Crippen LogP contribution in [0.1, 0.15) is 12.0 Å². The normalized spacial score (nSPS) is 27.1. The number of hydrogen-bond acceptors (Lipinski definition) is 2. The average molecular weight is 208 g/mol. The van der Waals surface area contributed by atoms with E-state index in [9.17, 15) is 4.39 Å². The largest absolute Gasteiger partial charge is 0.326 e. The summed E-state index contributed by atoms with van der Waals surface area (Å²) in [5.41, 5.74) is 7.05. The van der Waals surface area contributed by atoms with Crippen LogP contribution < -0.4 is 5.73 Å². The quantitative estimate of drug-likeness (QED) is 0.796. The molecule has 2 nitrogen and oxygen atoms in total. The minimum atomic E-state index is -0.165. The van der Waals surface area contributed by atoms with Gasteiger partial charge in [-0.2, -0.15) is 0 Å². The molecule has 3 heteroatoms. The monoisotopic (exact) mass is 208 g/mol. The molecule has 0 saturated carbocycles.